The molecule has 0 bridgehead atoms. The second kappa shape index (κ2) is 6.50. The second-order valence-corrected chi connectivity index (χ2v) is 5.96. The molecule has 0 radical (unpaired) electrons. The van der Waals surface area contributed by atoms with E-state index < -0.39 is 0 Å². The Hall–Kier alpha value is -0.640. The molecule has 1 aromatic carbocycles. The van der Waals surface area contributed by atoms with Crippen LogP contribution in [0.2, 0.25) is 5.02 Å². The molecule has 0 saturated carbocycles. The number of halogens is 2. The Morgan fingerprint density at radius 2 is 2.11 bits per heavy atom. The van der Waals surface area contributed by atoms with Gasteiger partial charge >= 0.3 is 0 Å². The zero-order chi connectivity index (χ0) is 13.8. The lowest BCUT2D eigenvalue weighted by molar-refractivity contribution is 0.128. The summed E-state index contributed by atoms with van der Waals surface area (Å²) in [6.07, 6.45) is 0.424. The van der Waals surface area contributed by atoms with Crippen LogP contribution in [0.4, 0.5) is 4.39 Å². The van der Waals surface area contributed by atoms with Crippen molar-refractivity contribution in [1.29, 1.82) is 0 Å². The largest absolute Gasteiger partial charge is 0.393 e. The number of hydrogen-bond donors (Lipinski definition) is 2. The van der Waals surface area contributed by atoms with Crippen LogP contribution < -0.4 is 5.32 Å². The maximum atomic E-state index is 12.9. The molecular weight excluding hydrogens is 253 g/mol. The predicted molar refractivity (Wildman–Crippen MR) is 73.2 cm³/mol. The Morgan fingerprint density at radius 3 is 2.67 bits per heavy atom. The van der Waals surface area contributed by atoms with Crippen LogP contribution in [0.5, 0.6) is 0 Å². The molecule has 1 rings (SSSR count). The third-order valence-electron chi connectivity index (χ3n) is 2.78. The van der Waals surface area contributed by atoms with Crippen LogP contribution in [0.3, 0.4) is 0 Å². The van der Waals surface area contributed by atoms with Crippen molar-refractivity contribution >= 4 is 11.6 Å². The standard InChI is InChI=1S/C14H21ClFNO/c1-10(18)7-14(2,3)9-17-8-11-4-5-12(16)6-13(11)15/h4-6,10,17-18H,7-9H2,1-3H3. The quantitative estimate of drug-likeness (QED) is 0.833. The van der Waals surface area contributed by atoms with Gasteiger partial charge in [-0.25, -0.2) is 4.39 Å². The first kappa shape index (κ1) is 15.4. The van der Waals surface area contributed by atoms with Crippen molar-refractivity contribution in [2.24, 2.45) is 5.41 Å². The summed E-state index contributed by atoms with van der Waals surface area (Å²) in [5.74, 6) is -0.321. The lowest BCUT2D eigenvalue weighted by Gasteiger charge is -2.26. The Bertz CT molecular complexity index is 393. The highest BCUT2D eigenvalue weighted by molar-refractivity contribution is 6.31. The first-order valence-electron chi connectivity index (χ1n) is 6.13. The molecule has 0 fully saturated rings. The first-order chi connectivity index (χ1) is 8.30. The van der Waals surface area contributed by atoms with Crippen LogP contribution in [0.25, 0.3) is 0 Å². The van der Waals surface area contributed by atoms with Gasteiger partial charge in [0.25, 0.3) is 0 Å². The molecule has 2 nitrogen and oxygen atoms in total. The van der Waals surface area contributed by atoms with Gasteiger partial charge in [0.2, 0.25) is 0 Å². The van der Waals surface area contributed by atoms with E-state index >= 15 is 0 Å². The van der Waals surface area contributed by atoms with Crippen molar-refractivity contribution in [1.82, 2.24) is 5.32 Å². The second-order valence-electron chi connectivity index (χ2n) is 5.56. The van der Waals surface area contributed by atoms with E-state index in [1.807, 2.05) is 0 Å². The van der Waals surface area contributed by atoms with Gasteiger partial charge in [0, 0.05) is 18.1 Å². The number of benzene rings is 1. The number of hydrogen-bond acceptors (Lipinski definition) is 2. The molecule has 4 heteroatoms. The number of aliphatic hydroxyl groups excluding tert-OH is 1. The van der Waals surface area contributed by atoms with Crippen molar-refractivity contribution in [2.45, 2.75) is 39.8 Å². The van der Waals surface area contributed by atoms with E-state index in [1.165, 1.54) is 12.1 Å². The Balaban J connectivity index is 2.46. The Morgan fingerprint density at radius 1 is 1.44 bits per heavy atom. The monoisotopic (exact) mass is 273 g/mol. The fourth-order valence-electron chi connectivity index (χ4n) is 2.07. The topological polar surface area (TPSA) is 32.3 Å². The van der Waals surface area contributed by atoms with Gasteiger partial charge in [-0.3, -0.25) is 0 Å². The lowest BCUT2D eigenvalue weighted by atomic mass is 9.87. The van der Waals surface area contributed by atoms with E-state index in [2.05, 4.69) is 19.2 Å². The number of nitrogens with one attached hydrogen (secondary N) is 1. The molecule has 0 amide bonds. The van der Waals surface area contributed by atoms with E-state index in [0.29, 0.717) is 11.6 Å². The van der Waals surface area contributed by atoms with Crippen LogP contribution >= 0.6 is 11.6 Å². The normalized spacial score (nSPS) is 13.7. The van der Waals surface area contributed by atoms with E-state index in [0.717, 1.165) is 18.5 Å². The molecule has 0 aliphatic heterocycles. The first-order valence-corrected chi connectivity index (χ1v) is 6.51. The highest BCUT2D eigenvalue weighted by atomic mass is 35.5. The fraction of sp³-hybridized carbons (Fsp3) is 0.571. The van der Waals surface area contributed by atoms with Crippen molar-refractivity contribution in [2.75, 3.05) is 6.54 Å². The van der Waals surface area contributed by atoms with Crippen LogP contribution in [-0.2, 0) is 6.54 Å². The minimum Gasteiger partial charge on any atom is -0.393 e. The predicted octanol–water partition coefficient (Wildman–Crippen LogP) is 3.37. The van der Waals surface area contributed by atoms with Crippen LogP contribution in [0, 0.1) is 11.2 Å². The average Bonchev–Trinajstić information content (AvgIpc) is 2.19. The molecule has 0 saturated heterocycles. The van der Waals surface area contributed by atoms with Gasteiger partial charge in [-0.1, -0.05) is 31.5 Å². The molecule has 1 unspecified atom stereocenters. The highest BCUT2D eigenvalue weighted by Crippen LogP contribution is 2.22. The average molecular weight is 274 g/mol. The van der Waals surface area contributed by atoms with Gasteiger partial charge in [0.1, 0.15) is 5.82 Å². The van der Waals surface area contributed by atoms with Gasteiger partial charge in [-0.2, -0.15) is 0 Å². The third-order valence-corrected chi connectivity index (χ3v) is 3.13. The SMILES string of the molecule is CC(O)CC(C)(C)CNCc1ccc(F)cc1Cl. The summed E-state index contributed by atoms with van der Waals surface area (Å²) in [6.45, 7) is 7.35. The molecule has 0 aromatic heterocycles. The molecule has 0 aliphatic rings. The van der Waals surface area contributed by atoms with Gasteiger partial charge in [-0.15, -0.1) is 0 Å². The number of aliphatic hydroxyl groups is 1. The molecule has 0 spiro atoms. The summed E-state index contributed by atoms with van der Waals surface area (Å²) in [4.78, 5) is 0. The minimum absolute atomic E-state index is 0.0146. The van der Waals surface area contributed by atoms with E-state index in [-0.39, 0.29) is 17.3 Å². The van der Waals surface area contributed by atoms with E-state index in [9.17, 15) is 9.50 Å². The number of rotatable bonds is 6. The van der Waals surface area contributed by atoms with E-state index in [4.69, 9.17) is 11.6 Å². The van der Waals surface area contributed by atoms with Crippen molar-refractivity contribution in [3.63, 3.8) is 0 Å². The minimum atomic E-state index is -0.321. The fourth-order valence-corrected chi connectivity index (χ4v) is 2.31. The maximum absolute atomic E-state index is 12.9. The van der Waals surface area contributed by atoms with Gasteiger partial charge in [0.15, 0.2) is 0 Å². The summed E-state index contributed by atoms with van der Waals surface area (Å²) in [7, 11) is 0. The smallest absolute Gasteiger partial charge is 0.124 e. The summed E-state index contributed by atoms with van der Waals surface area (Å²) in [6, 6.07) is 4.41. The summed E-state index contributed by atoms with van der Waals surface area (Å²) >= 11 is 5.94. The molecule has 1 aromatic rings. The summed E-state index contributed by atoms with van der Waals surface area (Å²) in [5, 5.41) is 13.1. The molecule has 102 valence electrons. The van der Waals surface area contributed by atoms with Crippen molar-refractivity contribution in [3.05, 3.63) is 34.6 Å². The van der Waals surface area contributed by atoms with Crippen LogP contribution in [0.15, 0.2) is 18.2 Å². The summed E-state index contributed by atoms with van der Waals surface area (Å²) < 4.78 is 12.9. The molecule has 18 heavy (non-hydrogen) atoms. The zero-order valence-corrected chi connectivity index (χ0v) is 11.9. The Kier molecular flexibility index (Phi) is 5.57. The van der Waals surface area contributed by atoms with Gasteiger partial charge in [-0.05, 0) is 36.5 Å². The zero-order valence-electron chi connectivity index (χ0n) is 11.1. The summed E-state index contributed by atoms with van der Waals surface area (Å²) in [5.41, 5.74) is 0.895. The van der Waals surface area contributed by atoms with Gasteiger partial charge in [0.05, 0.1) is 6.10 Å². The molecular formula is C14H21ClFNO. The van der Waals surface area contributed by atoms with Crippen LogP contribution in [0.1, 0.15) is 32.8 Å². The van der Waals surface area contributed by atoms with Crippen molar-refractivity contribution < 1.29 is 9.50 Å². The lowest BCUT2D eigenvalue weighted by Crippen LogP contribution is -2.31. The Labute approximate surface area is 113 Å². The molecule has 1 atom stereocenters. The van der Waals surface area contributed by atoms with E-state index in [1.54, 1.807) is 13.0 Å². The van der Waals surface area contributed by atoms with Crippen LogP contribution in [-0.4, -0.2) is 17.8 Å². The highest BCUT2D eigenvalue weighted by Gasteiger charge is 2.19. The maximum Gasteiger partial charge on any atom is 0.124 e. The molecule has 0 heterocycles. The van der Waals surface area contributed by atoms with Crippen molar-refractivity contribution in [3.8, 4) is 0 Å². The molecule has 0 aliphatic carbocycles. The third kappa shape index (κ3) is 5.34. The van der Waals surface area contributed by atoms with Gasteiger partial charge < -0.3 is 10.4 Å². The molecule has 2 N–H and O–H groups in total.